The Morgan fingerprint density at radius 1 is 1.14 bits per heavy atom. The van der Waals surface area contributed by atoms with Crippen LogP contribution in [0.5, 0.6) is 0 Å². The first-order valence-corrected chi connectivity index (χ1v) is 10.6. The summed E-state index contributed by atoms with van der Waals surface area (Å²) >= 11 is 0. The molecule has 3 aromatic heterocycles. The van der Waals surface area contributed by atoms with Crippen LogP contribution >= 0.6 is 0 Å². The van der Waals surface area contributed by atoms with Gasteiger partial charge in [-0.3, -0.25) is 4.98 Å². The Kier molecular flexibility index (Phi) is 6.75. The average molecular weight is 483 g/mol. The summed E-state index contributed by atoms with van der Waals surface area (Å²) in [5.41, 5.74) is 4.16. The Bertz CT molecular complexity index is 1350. The molecule has 11 heteroatoms. The van der Waals surface area contributed by atoms with Gasteiger partial charge in [-0.25, -0.2) is 4.79 Å². The number of para-hydroxylation sites is 1. The highest BCUT2D eigenvalue weighted by Gasteiger charge is 2.38. The number of benzene rings is 1. The van der Waals surface area contributed by atoms with Gasteiger partial charge in [0.1, 0.15) is 23.2 Å². The molecular formula is C24H20F3N5O3. The second-order valence-corrected chi connectivity index (χ2v) is 7.68. The number of nitrogens with zero attached hydrogens (tertiary/aromatic N) is 3. The van der Waals surface area contributed by atoms with Gasteiger partial charge in [-0.15, -0.1) is 0 Å². The average Bonchev–Trinajstić information content (AvgIpc) is 3.49. The fourth-order valence-electron chi connectivity index (χ4n) is 3.66. The van der Waals surface area contributed by atoms with Crippen LogP contribution in [0.2, 0.25) is 0 Å². The predicted molar refractivity (Wildman–Crippen MR) is 123 cm³/mol. The molecule has 8 nitrogen and oxygen atoms in total. The molecule has 1 aromatic carbocycles. The number of anilines is 1. The Balaban J connectivity index is 0.000000364. The van der Waals surface area contributed by atoms with Gasteiger partial charge in [-0.2, -0.15) is 18.4 Å². The number of aromatic amines is 1. The number of rotatable bonds is 3. The highest BCUT2D eigenvalue weighted by atomic mass is 19.4. The van der Waals surface area contributed by atoms with Crippen LogP contribution < -0.4 is 10.2 Å². The number of hydrogen-bond donors (Lipinski definition) is 3. The van der Waals surface area contributed by atoms with E-state index in [4.69, 9.17) is 14.3 Å². The largest absolute Gasteiger partial charge is 0.490 e. The summed E-state index contributed by atoms with van der Waals surface area (Å²) in [5, 5.41) is 21.1. The van der Waals surface area contributed by atoms with Crippen molar-refractivity contribution in [3.05, 3.63) is 60.3 Å². The molecule has 5 rings (SSSR count). The normalized spacial score (nSPS) is 13.7. The molecular weight excluding hydrogens is 463 g/mol. The minimum absolute atomic E-state index is 0.666. The van der Waals surface area contributed by atoms with Crippen LogP contribution in [0.4, 0.5) is 19.0 Å². The highest BCUT2D eigenvalue weighted by Crippen LogP contribution is 2.31. The molecule has 0 atom stereocenters. The number of H-pyrrole nitrogens is 1. The quantitative estimate of drug-likeness (QED) is 0.395. The summed E-state index contributed by atoms with van der Waals surface area (Å²) in [4.78, 5) is 19.0. The SMILES string of the molecule is N#Cc1cc(-c2ccnc(-c3cc4ccccc4o3)c2)[nH]c1N1CCNCC1.O=C(O)C(F)(F)F. The molecule has 0 aliphatic carbocycles. The van der Waals surface area contributed by atoms with E-state index in [1.807, 2.05) is 48.5 Å². The van der Waals surface area contributed by atoms with Gasteiger partial charge >= 0.3 is 12.1 Å². The lowest BCUT2D eigenvalue weighted by Crippen LogP contribution is -2.44. The lowest BCUT2D eigenvalue weighted by atomic mass is 10.1. The van der Waals surface area contributed by atoms with E-state index in [0.717, 1.165) is 65.7 Å². The standard InChI is InChI=1S/C22H19N5O.C2HF3O2/c23-14-17-12-18(26-22(17)27-9-7-24-8-10-27)15-5-6-25-19(11-15)21-13-16-3-1-2-4-20(16)28-21;3-2(4,5)1(6)7/h1-6,11-13,24,26H,7-10H2;(H,6,7). The molecule has 4 aromatic rings. The third kappa shape index (κ3) is 5.44. The first-order valence-electron chi connectivity index (χ1n) is 10.6. The molecule has 1 aliphatic rings. The third-order valence-electron chi connectivity index (χ3n) is 5.34. The fraction of sp³-hybridized carbons (Fsp3) is 0.208. The molecule has 0 saturated carbocycles. The monoisotopic (exact) mass is 483 g/mol. The van der Waals surface area contributed by atoms with Gasteiger partial charge in [0.15, 0.2) is 5.76 Å². The minimum atomic E-state index is -5.08. The molecule has 35 heavy (non-hydrogen) atoms. The number of fused-ring (bicyclic) bond motifs is 1. The number of nitriles is 1. The van der Waals surface area contributed by atoms with Crippen molar-refractivity contribution in [1.29, 1.82) is 5.26 Å². The maximum atomic E-state index is 10.6. The smallest absolute Gasteiger partial charge is 0.475 e. The molecule has 1 fully saturated rings. The van der Waals surface area contributed by atoms with E-state index in [2.05, 4.69) is 26.3 Å². The maximum absolute atomic E-state index is 10.6. The van der Waals surface area contributed by atoms with Crippen molar-refractivity contribution >= 4 is 22.8 Å². The second-order valence-electron chi connectivity index (χ2n) is 7.68. The highest BCUT2D eigenvalue weighted by molar-refractivity contribution is 5.83. The van der Waals surface area contributed by atoms with Crippen LogP contribution in [0.25, 0.3) is 33.7 Å². The summed E-state index contributed by atoms with van der Waals surface area (Å²) in [7, 11) is 0. The van der Waals surface area contributed by atoms with E-state index in [0.29, 0.717) is 5.56 Å². The number of alkyl halides is 3. The van der Waals surface area contributed by atoms with E-state index in [-0.39, 0.29) is 0 Å². The fourth-order valence-corrected chi connectivity index (χ4v) is 3.66. The molecule has 4 heterocycles. The van der Waals surface area contributed by atoms with Crippen LogP contribution in [0.15, 0.2) is 59.1 Å². The van der Waals surface area contributed by atoms with Crippen molar-refractivity contribution in [2.24, 2.45) is 0 Å². The summed E-state index contributed by atoms with van der Waals surface area (Å²) in [5.74, 6) is -1.13. The number of aromatic nitrogens is 2. The Morgan fingerprint density at radius 3 is 2.51 bits per heavy atom. The Morgan fingerprint density at radius 2 is 1.86 bits per heavy atom. The number of piperazine rings is 1. The van der Waals surface area contributed by atoms with Gasteiger partial charge in [-0.1, -0.05) is 18.2 Å². The molecule has 1 saturated heterocycles. The predicted octanol–water partition coefficient (Wildman–Crippen LogP) is 4.40. The van der Waals surface area contributed by atoms with Gasteiger partial charge in [-0.05, 0) is 30.3 Å². The zero-order chi connectivity index (χ0) is 25.0. The Hall–Kier alpha value is -4.30. The van der Waals surface area contributed by atoms with Crippen LogP contribution in [0.3, 0.4) is 0 Å². The molecule has 0 bridgehead atoms. The number of carbonyl (C=O) groups is 1. The van der Waals surface area contributed by atoms with Crippen molar-refractivity contribution in [2.75, 3.05) is 31.1 Å². The number of furan rings is 1. The van der Waals surface area contributed by atoms with E-state index in [9.17, 15) is 18.4 Å². The molecule has 0 spiro atoms. The number of halogens is 3. The number of aliphatic carboxylic acids is 1. The number of pyridine rings is 1. The number of nitrogens with one attached hydrogen (secondary N) is 2. The zero-order valence-electron chi connectivity index (χ0n) is 18.3. The van der Waals surface area contributed by atoms with Crippen LogP contribution in [0.1, 0.15) is 5.56 Å². The number of carboxylic acids is 1. The summed E-state index contributed by atoms with van der Waals surface area (Å²) in [6, 6.07) is 18.1. The van der Waals surface area contributed by atoms with Crippen molar-refractivity contribution in [1.82, 2.24) is 15.3 Å². The zero-order valence-corrected chi connectivity index (χ0v) is 18.3. The van der Waals surface area contributed by atoms with Gasteiger partial charge in [0.05, 0.1) is 5.56 Å². The van der Waals surface area contributed by atoms with Gasteiger partial charge in [0, 0.05) is 49.0 Å². The number of hydrogen-bond acceptors (Lipinski definition) is 6. The lowest BCUT2D eigenvalue weighted by Gasteiger charge is -2.28. The number of carboxylic acid groups (broad SMARTS) is 1. The van der Waals surface area contributed by atoms with Gasteiger partial charge in [0.2, 0.25) is 0 Å². The van der Waals surface area contributed by atoms with E-state index >= 15 is 0 Å². The van der Waals surface area contributed by atoms with E-state index in [1.165, 1.54) is 0 Å². The van der Waals surface area contributed by atoms with Crippen molar-refractivity contribution in [3.8, 4) is 28.8 Å². The van der Waals surface area contributed by atoms with Gasteiger partial charge in [0.25, 0.3) is 0 Å². The molecule has 0 unspecified atom stereocenters. The van der Waals surface area contributed by atoms with Crippen LogP contribution in [-0.4, -0.2) is 53.4 Å². The lowest BCUT2D eigenvalue weighted by molar-refractivity contribution is -0.192. The third-order valence-corrected chi connectivity index (χ3v) is 5.34. The van der Waals surface area contributed by atoms with E-state index < -0.39 is 12.1 Å². The van der Waals surface area contributed by atoms with E-state index in [1.54, 1.807) is 6.20 Å². The first-order chi connectivity index (χ1) is 16.8. The molecule has 0 radical (unpaired) electrons. The minimum Gasteiger partial charge on any atom is -0.475 e. The van der Waals surface area contributed by atoms with Crippen LogP contribution in [0, 0.1) is 11.3 Å². The molecule has 3 N–H and O–H groups in total. The summed E-state index contributed by atoms with van der Waals surface area (Å²) in [6.07, 6.45) is -3.31. The van der Waals surface area contributed by atoms with Crippen LogP contribution in [-0.2, 0) is 4.79 Å². The van der Waals surface area contributed by atoms with Crippen molar-refractivity contribution in [3.63, 3.8) is 0 Å². The van der Waals surface area contributed by atoms with Crippen molar-refractivity contribution < 1.29 is 27.5 Å². The maximum Gasteiger partial charge on any atom is 0.490 e. The summed E-state index contributed by atoms with van der Waals surface area (Å²) in [6.45, 7) is 3.61. The topological polar surface area (TPSA) is 118 Å². The van der Waals surface area contributed by atoms with Gasteiger partial charge < -0.3 is 24.7 Å². The summed E-state index contributed by atoms with van der Waals surface area (Å²) < 4.78 is 37.7. The first kappa shape index (κ1) is 23.8. The molecule has 180 valence electrons. The molecule has 1 aliphatic heterocycles. The molecule has 0 amide bonds. The van der Waals surface area contributed by atoms with Crippen molar-refractivity contribution in [2.45, 2.75) is 6.18 Å². The second kappa shape index (κ2) is 9.90. The Labute approximate surface area is 197 Å².